The molecule has 3 aliphatic carbocycles. The average molecular weight is 603 g/mol. The SMILES string of the molecule is NC(=O)c1cc(F)c2nc(C3(O)C4CCC3CC(OCc3c(-c5c(Cl)cccc5Cl)noc3C3CC3)C4)sc2c1. The number of halogens is 3. The summed E-state index contributed by atoms with van der Waals surface area (Å²) < 4.78 is 27.5. The summed E-state index contributed by atoms with van der Waals surface area (Å²) in [4.78, 5) is 16.1. The van der Waals surface area contributed by atoms with E-state index in [-0.39, 0.29) is 29.0 Å². The molecule has 2 atom stereocenters. The average Bonchev–Trinajstić information content (AvgIpc) is 3.49. The quantitative estimate of drug-likeness (QED) is 0.237. The highest BCUT2D eigenvalue weighted by Gasteiger charge is 2.56. The molecule has 1 amide bonds. The number of nitrogens with zero attached hydrogens (tertiary/aromatic N) is 2. The van der Waals surface area contributed by atoms with Crippen molar-refractivity contribution in [1.82, 2.24) is 10.1 Å². The van der Waals surface area contributed by atoms with E-state index in [1.165, 1.54) is 11.3 Å². The van der Waals surface area contributed by atoms with Crippen LogP contribution in [-0.4, -0.2) is 27.3 Å². The Hall–Kier alpha value is -2.56. The van der Waals surface area contributed by atoms with Gasteiger partial charge in [-0.15, -0.1) is 11.3 Å². The number of amides is 1. The van der Waals surface area contributed by atoms with Crippen LogP contribution in [0.5, 0.6) is 0 Å². The first kappa shape index (κ1) is 26.3. The summed E-state index contributed by atoms with van der Waals surface area (Å²) in [5.74, 6) is -0.339. The number of hydrogen-bond donors (Lipinski definition) is 2. The maximum absolute atomic E-state index is 14.7. The van der Waals surface area contributed by atoms with Crippen LogP contribution in [0.15, 0.2) is 34.9 Å². The summed E-state index contributed by atoms with van der Waals surface area (Å²) in [5, 5.41) is 17.8. The van der Waals surface area contributed by atoms with Crippen LogP contribution in [0.3, 0.4) is 0 Å². The molecular formula is C29H26Cl2FN3O4S. The smallest absolute Gasteiger partial charge is 0.248 e. The molecule has 7 rings (SSSR count). The zero-order valence-electron chi connectivity index (χ0n) is 21.3. The van der Waals surface area contributed by atoms with Gasteiger partial charge in [0.1, 0.15) is 27.6 Å². The number of aromatic nitrogens is 2. The van der Waals surface area contributed by atoms with Crippen LogP contribution in [0.2, 0.25) is 10.0 Å². The van der Waals surface area contributed by atoms with Crippen molar-refractivity contribution in [2.24, 2.45) is 17.6 Å². The van der Waals surface area contributed by atoms with E-state index >= 15 is 0 Å². The Morgan fingerprint density at radius 3 is 2.52 bits per heavy atom. The number of hydrogen-bond acceptors (Lipinski definition) is 7. The minimum atomic E-state index is -1.17. The maximum atomic E-state index is 14.7. The van der Waals surface area contributed by atoms with E-state index in [4.69, 9.17) is 38.2 Å². The number of ether oxygens (including phenoxy) is 1. The first-order valence-electron chi connectivity index (χ1n) is 13.4. The van der Waals surface area contributed by atoms with Gasteiger partial charge in [0, 0.05) is 22.6 Å². The first-order valence-corrected chi connectivity index (χ1v) is 15.0. The lowest BCUT2D eigenvalue weighted by Gasteiger charge is -2.41. The molecular weight excluding hydrogens is 576 g/mol. The van der Waals surface area contributed by atoms with E-state index < -0.39 is 17.3 Å². The Kier molecular flexibility index (Phi) is 6.44. The molecule has 0 spiro atoms. The minimum absolute atomic E-state index is 0.0816. The molecule has 0 radical (unpaired) electrons. The second kappa shape index (κ2) is 9.77. The summed E-state index contributed by atoms with van der Waals surface area (Å²) in [6.07, 6.45) is 4.94. The summed E-state index contributed by atoms with van der Waals surface area (Å²) >= 11 is 14.2. The summed E-state index contributed by atoms with van der Waals surface area (Å²) in [5.41, 5.74) is 6.55. The molecule has 40 heavy (non-hydrogen) atoms. The Morgan fingerprint density at radius 1 is 1.18 bits per heavy atom. The Labute approximate surface area is 243 Å². The molecule has 2 heterocycles. The molecule has 2 aromatic heterocycles. The standard InChI is InChI=1S/C29H26Cl2FN3O4S/c30-19-2-1-3-20(31)23(19)24-18(26(39-35-24)13-4-5-13)12-38-17-10-15-6-7-16(11-17)29(15,37)28-34-25-21(32)8-14(27(33)36)9-22(25)40-28/h1-3,8-9,13,15-17,37H,4-7,10-12H2,(H2,33,36). The third-order valence-electron chi connectivity index (χ3n) is 8.71. The highest BCUT2D eigenvalue weighted by atomic mass is 35.5. The molecule has 208 valence electrons. The van der Waals surface area contributed by atoms with Gasteiger partial charge in [-0.25, -0.2) is 9.37 Å². The predicted octanol–water partition coefficient (Wildman–Crippen LogP) is 6.97. The Balaban J connectivity index is 1.14. The molecule has 2 unspecified atom stereocenters. The molecule has 4 aromatic rings. The van der Waals surface area contributed by atoms with Gasteiger partial charge < -0.3 is 20.1 Å². The maximum Gasteiger partial charge on any atom is 0.248 e. The number of rotatable bonds is 7. The van der Waals surface area contributed by atoms with E-state index in [0.717, 1.165) is 43.1 Å². The third kappa shape index (κ3) is 4.25. The zero-order valence-corrected chi connectivity index (χ0v) is 23.7. The topological polar surface area (TPSA) is 111 Å². The van der Waals surface area contributed by atoms with E-state index in [9.17, 15) is 14.3 Å². The van der Waals surface area contributed by atoms with E-state index in [1.54, 1.807) is 24.3 Å². The summed E-state index contributed by atoms with van der Waals surface area (Å²) in [6, 6.07) is 7.99. The number of primary amides is 1. The van der Waals surface area contributed by atoms with Crippen LogP contribution in [0, 0.1) is 17.7 Å². The molecule has 0 aliphatic heterocycles. The van der Waals surface area contributed by atoms with E-state index in [2.05, 4.69) is 10.1 Å². The van der Waals surface area contributed by atoms with Gasteiger partial charge in [0.25, 0.3) is 0 Å². The van der Waals surface area contributed by atoms with Gasteiger partial charge in [0.05, 0.1) is 27.5 Å². The van der Waals surface area contributed by atoms with Gasteiger partial charge >= 0.3 is 0 Å². The zero-order chi connectivity index (χ0) is 27.8. The van der Waals surface area contributed by atoms with Gasteiger partial charge in [-0.05, 0) is 74.6 Å². The van der Waals surface area contributed by atoms with Crippen molar-refractivity contribution in [3.05, 3.63) is 68.1 Å². The minimum Gasteiger partial charge on any atom is -0.382 e. The number of carbonyl (C=O) groups is 1. The van der Waals surface area contributed by atoms with Crippen LogP contribution in [-0.2, 0) is 16.9 Å². The largest absolute Gasteiger partial charge is 0.382 e. The second-order valence-electron chi connectivity index (χ2n) is 11.1. The molecule has 2 aromatic carbocycles. The fourth-order valence-electron chi connectivity index (χ4n) is 6.54. The fourth-order valence-corrected chi connectivity index (χ4v) is 8.38. The molecule has 3 N–H and O–H groups in total. The number of thiazole rings is 1. The molecule has 3 fully saturated rings. The normalized spacial score (nSPS) is 26.1. The van der Waals surface area contributed by atoms with Gasteiger partial charge in [-0.3, -0.25) is 4.79 Å². The lowest BCUT2D eigenvalue weighted by molar-refractivity contribution is -0.116. The molecule has 3 aliphatic rings. The van der Waals surface area contributed by atoms with Crippen LogP contribution < -0.4 is 5.73 Å². The van der Waals surface area contributed by atoms with Crippen molar-refractivity contribution in [1.29, 1.82) is 0 Å². The predicted molar refractivity (Wildman–Crippen MR) is 150 cm³/mol. The van der Waals surface area contributed by atoms with Crippen molar-refractivity contribution in [2.45, 2.75) is 62.8 Å². The molecule has 7 nitrogen and oxygen atoms in total. The first-order chi connectivity index (χ1) is 19.2. The molecule has 11 heteroatoms. The molecule has 2 bridgehead atoms. The monoisotopic (exact) mass is 601 g/mol. The lowest BCUT2D eigenvalue weighted by Crippen LogP contribution is -2.44. The number of fused-ring (bicyclic) bond motifs is 3. The van der Waals surface area contributed by atoms with Gasteiger partial charge in [0.2, 0.25) is 5.91 Å². The van der Waals surface area contributed by atoms with Gasteiger partial charge in [-0.1, -0.05) is 34.4 Å². The van der Waals surface area contributed by atoms with Crippen molar-refractivity contribution < 1.29 is 23.6 Å². The number of aliphatic hydroxyl groups is 1. The Morgan fingerprint density at radius 2 is 1.88 bits per heavy atom. The number of benzene rings is 2. The summed E-state index contributed by atoms with van der Waals surface area (Å²) in [6.45, 7) is 0.303. The van der Waals surface area contributed by atoms with E-state index in [0.29, 0.717) is 56.4 Å². The van der Waals surface area contributed by atoms with Crippen LogP contribution in [0.4, 0.5) is 4.39 Å². The highest BCUT2D eigenvalue weighted by Crippen LogP contribution is 2.57. The third-order valence-corrected chi connectivity index (χ3v) is 10.5. The van der Waals surface area contributed by atoms with Gasteiger partial charge in [0.15, 0.2) is 5.82 Å². The van der Waals surface area contributed by atoms with Crippen LogP contribution in [0.25, 0.3) is 21.5 Å². The van der Waals surface area contributed by atoms with Crippen molar-refractivity contribution in [3.63, 3.8) is 0 Å². The highest BCUT2D eigenvalue weighted by molar-refractivity contribution is 7.18. The fraction of sp³-hybridized carbons (Fsp3) is 0.414. The number of carbonyl (C=O) groups excluding carboxylic acids is 1. The molecule has 0 saturated heterocycles. The van der Waals surface area contributed by atoms with Crippen molar-refractivity contribution >= 4 is 50.7 Å². The van der Waals surface area contributed by atoms with E-state index in [1.807, 2.05) is 0 Å². The van der Waals surface area contributed by atoms with Crippen molar-refractivity contribution in [2.75, 3.05) is 0 Å². The molecule has 3 saturated carbocycles. The van der Waals surface area contributed by atoms with Crippen LogP contribution in [0.1, 0.15) is 71.1 Å². The number of nitrogens with two attached hydrogens (primary N) is 1. The van der Waals surface area contributed by atoms with Gasteiger partial charge in [-0.2, -0.15) is 0 Å². The lowest BCUT2D eigenvalue weighted by atomic mass is 9.73. The van der Waals surface area contributed by atoms with Crippen LogP contribution >= 0.6 is 34.5 Å². The second-order valence-corrected chi connectivity index (χ2v) is 13.0. The Bertz CT molecular complexity index is 1620. The summed E-state index contributed by atoms with van der Waals surface area (Å²) in [7, 11) is 0. The van der Waals surface area contributed by atoms with Crippen molar-refractivity contribution in [3.8, 4) is 11.3 Å².